The normalized spacial score (nSPS) is 15.6. The highest BCUT2D eigenvalue weighted by Crippen LogP contribution is 2.21. The SMILES string of the molecule is COC(=O)C1CCN(C(=O)Nc2ccc(N)cc2F)CC1. The third kappa shape index (κ3) is 3.62. The summed E-state index contributed by atoms with van der Waals surface area (Å²) < 4.78 is 18.3. The van der Waals surface area contributed by atoms with E-state index >= 15 is 0 Å². The number of hydrogen-bond acceptors (Lipinski definition) is 4. The number of amides is 2. The van der Waals surface area contributed by atoms with Gasteiger partial charge in [-0.15, -0.1) is 0 Å². The number of nitrogens with zero attached hydrogens (tertiary/aromatic N) is 1. The Morgan fingerprint density at radius 2 is 2.05 bits per heavy atom. The molecule has 0 unspecified atom stereocenters. The van der Waals surface area contributed by atoms with Gasteiger partial charge in [0.2, 0.25) is 0 Å². The predicted molar refractivity (Wildman–Crippen MR) is 76.1 cm³/mol. The van der Waals surface area contributed by atoms with Gasteiger partial charge >= 0.3 is 12.0 Å². The minimum Gasteiger partial charge on any atom is -0.469 e. The molecular weight excluding hydrogens is 277 g/mol. The monoisotopic (exact) mass is 295 g/mol. The van der Waals surface area contributed by atoms with Crippen molar-refractivity contribution >= 4 is 23.4 Å². The predicted octanol–water partition coefficient (Wildman–Crippen LogP) is 1.82. The van der Waals surface area contributed by atoms with E-state index in [9.17, 15) is 14.0 Å². The number of urea groups is 1. The van der Waals surface area contributed by atoms with Gasteiger partial charge in [-0.25, -0.2) is 9.18 Å². The number of carbonyl (C=O) groups is 2. The Bertz CT molecular complexity index is 542. The average molecular weight is 295 g/mol. The Morgan fingerprint density at radius 3 is 2.62 bits per heavy atom. The maximum absolute atomic E-state index is 13.6. The van der Waals surface area contributed by atoms with Crippen molar-refractivity contribution < 1.29 is 18.7 Å². The van der Waals surface area contributed by atoms with Gasteiger partial charge in [-0.2, -0.15) is 0 Å². The van der Waals surface area contributed by atoms with E-state index in [1.165, 1.54) is 19.2 Å². The molecule has 3 N–H and O–H groups in total. The van der Waals surface area contributed by atoms with Gasteiger partial charge in [-0.3, -0.25) is 4.79 Å². The van der Waals surface area contributed by atoms with Crippen LogP contribution in [0.1, 0.15) is 12.8 Å². The number of ether oxygens (including phenoxy) is 1. The Kier molecular flexibility index (Phi) is 4.62. The zero-order chi connectivity index (χ0) is 15.4. The molecule has 1 aromatic carbocycles. The Balaban J connectivity index is 1.92. The Morgan fingerprint density at radius 1 is 1.38 bits per heavy atom. The number of halogens is 1. The number of methoxy groups -OCH3 is 1. The molecule has 0 saturated carbocycles. The number of esters is 1. The smallest absolute Gasteiger partial charge is 0.321 e. The van der Waals surface area contributed by atoms with Crippen LogP contribution >= 0.6 is 0 Å². The van der Waals surface area contributed by atoms with Crippen molar-refractivity contribution in [2.24, 2.45) is 5.92 Å². The van der Waals surface area contributed by atoms with Crippen LogP contribution in [0.4, 0.5) is 20.6 Å². The lowest BCUT2D eigenvalue weighted by atomic mass is 9.97. The Labute approximate surface area is 122 Å². The van der Waals surface area contributed by atoms with Gasteiger partial charge < -0.3 is 20.7 Å². The van der Waals surface area contributed by atoms with Crippen LogP contribution in [0.2, 0.25) is 0 Å². The van der Waals surface area contributed by atoms with Gasteiger partial charge in [0.05, 0.1) is 18.7 Å². The van der Waals surface area contributed by atoms with Crippen LogP contribution in [0.15, 0.2) is 18.2 Å². The highest BCUT2D eigenvalue weighted by Gasteiger charge is 2.28. The number of benzene rings is 1. The van der Waals surface area contributed by atoms with Crippen molar-refractivity contribution in [1.82, 2.24) is 4.90 Å². The van der Waals surface area contributed by atoms with Crippen LogP contribution in [-0.2, 0) is 9.53 Å². The van der Waals surface area contributed by atoms with Crippen molar-refractivity contribution in [3.05, 3.63) is 24.0 Å². The zero-order valence-electron chi connectivity index (χ0n) is 11.8. The molecule has 0 aromatic heterocycles. The van der Waals surface area contributed by atoms with E-state index in [4.69, 9.17) is 5.73 Å². The highest BCUT2D eigenvalue weighted by molar-refractivity contribution is 5.89. The average Bonchev–Trinajstić information content (AvgIpc) is 2.49. The van der Waals surface area contributed by atoms with Crippen LogP contribution in [0.25, 0.3) is 0 Å². The summed E-state index contributed by atoms with van der Waals surface area (Å²) in [4.78, 5) is 25.0. The fourth-order valence-electron chi connectivity index (χ4n) is 2.31. The third-order valence-corrected chi connectivity index (χ3v) is 3.55. The molecular formula is C14H18FN3O3. The summed E-state index contributed by atoms with van der Waals surface area (Å²) >= 11 is 0. The van der Waals surface area contributed by atoms with Crippen molar-refractivity contribution in [3.8, 4) is 0 Å². The number of nitrogen functional groups attached to an aromatic ring is 1. The molecule has 0 radical (unpaired) electrons. The molecule has 0 atom stereocenters. The second-order valence-electron chi connectivity index (χ2n) is 4.95. The first-order chi connectivity index (χ1) is 10.0. The van der Waals surface area contributed by atoms with Crippen LogP contribution in [0, 0.1) is 11.7 Å². The molecule has 114 valence electrons. The first-order valence-corrected chi connectivity index (χ1v) is 6.70. The van der Waals surface area contributed by atoms with Gasteiger partial charge in [0, 0.05) is 18.8 Å². The quantitative estimate of drug-likeness (QED) is 0.644. The number of hydrogen-bond donors (Lipinski definition) is 2. The van der Waals surface area contributed by atoms with Crippen LogP contribution in [-0.4, -0.2) is 37.1 Å². The summed E-state index contributed by atoms with van der Waals surface area (Å²) in [5.41, 5.74) is 5.83. The maximum Gasteiger partial charge on any atom is 0.321 e. The van der Waals surface area contributed by atoms with Gasteiger partial charge in [-0.05, 0) is 31.0 Å². The summed E-state index contributed by atoms with van der Waals surface area (Å²) in [5, 5.41) is 2.51. The van der Waals surface area contributed by atoms with Crippen molar-refractivity contribution in [2.45, 2.75) is 12.8 Å². The summed E-state index contributed by atoms with van der Waals surface area (Å²) in [5.74, 6) is -1.00. The molecule has 2 amide bonds. The lowest BCUT2D eigenvalue weighted by Gasteiger charge is -2.30. The molecule has 6 nitrogen and oxygen atoms in total. The number of likely N-dealkylation sites (tertiary alicyclic amines) is 1. The number of nitrogens with one attached hydrogen (secondary N) is 1. The molecule has 0 bridgehead atoms. The molecule has 1 aliphatic heterocycles. The number of nitrogens with two attached hydrogens (primary N) is 1. The van der Waals surface area contributed by atoms with Crippen LogP contribution in [0.5, 0.6) is 0 Å². The highest BCUT2D eigenvalue weighted by atomic mass is 19.1. The largest absolute Gasteiger partial charge is 0.469 e. The second-order valence-corrected chi connectivity index (χ2v) is 4.95. The van der Waals surface area contributed by atoms with Gasteiger partial charge in [0.25, 0.3) is 0 Å². The molecule has 1 fully saturated rings. The summed E-state index contributed by atoms with van der Waals surface area (Å²) in [6, 6.07) is 3.70. The van der Waals surface area contributed by atoms with E-state index < -0.39 is 5.82 Å². The molecule has 1 aliphatic rings. The standard InChI is InChI=1S/C14H18FN3O3/c1-21-13(19)9-4-6-18(7-5-9)14(20)17-12-3-2-10(16)8-11(12)15/h2-3,8-9H,4-7,16H2,1H3,(H,17,20). The fraction of sp³-hybridized carbons (Fsp3) is 0.429. The molecule has 1 heterocycles. The van der Waals surface area contributed by atoms with E-state index in [0.717, 1.165) is 6.07 Å². The van der Waals surface area contributed by atoms with Crippen LogP contribution in [0.3, 0.4) is 0 Å². The molecule has 0 aliphatic carbocycles. The fourth-order valence-corrected chi connectivity index (χ4v) is 2.31. The summed E-state index contributed by atoms with van der Waals surface area (Å²) in [6.07, 6.45) is 1.09. The number of rotatable bonds is 2. The minimum atomic E-state index is -0.576. The topological polar surface area (TPSA) is 84.7 Å². The van der Waals surface area contributed by atoms with E-state index in [1.807, 2.05) is 0 Å². The van der Waals surface area contributed by atoms with Crippen LogP contribution < -0.4 is 11.1 Å². The van der Waals surface area contributed by atoms with Crippen molar-refractivity contribution in [3.63, 3.8) is 0 Å². The first-order valence-electron chi connectivity index (χ1n) is 6.70. The molecule has 21 heavy (non-hydrogen) atoms. The number of piperidine rings is 1. The number of carbonyl (C=O) groups excluding carboxylic acids is 2. The second kappa shape index (κ2) is 6.43. The van der Waals surface area contributed by atoms with Gasteiger partial charge in [0.1, 0.15) is 5.82 Å². The zero-order valence-corrected chi connectivity index (χ0v) is 11.8. The molecule has 2 rings (SSSR count). The van der Waals surface area contributed by atoms with Gasteiger partial charge in [0.15, 0.2) is 0 Å². The minimum absolute atomic E-state index is 0.0873. The van der Waals surface area contributed by atoms with Crippen molar-refractivity contribution in [2.75, 3.05) is 31.2 Å². The lowest BCUT2D eigenvalue weighted by molar-refractivity contribution is -0.146. The van der Waals surface area contributed by atoms with E-state index in [1.54, 1.807) is 4.90 Å². The molecule has 1 aromatic rings. The first kappa shape index (κ1) is 15.1. The maximum atomic E-state index is 13.6. The van der Waals surface area contributed by atoms with E-state index in [0.29, 0.717) is 31.6 Å². The van der Waals surface area contributed by atoms with Crippen molar-refractivity contribution in [1.29, 1.82) is 0 Å². The van der Waals surface area contributed by atoms with Gasteiger partial charge in [-0.1, -0.05) is 0 Å². The summed E-state index contributed by atoms with van der Waals surface area (Å²) in [6.45, 7) is 0.865. The van der Waals surface area contributed by atoms with E-state index in [-0.39, 0.29) is 23.6 Å². The Hall–Kier alpha value is -2.31. The third-order valence-electron chi connectivity index (χ3n) is 3.55. The summed E-state index contributed by atoms with van der Waals surface area (Å²) in [7, 11) is 1.35. The molecule has 0 spiro atoms. The lowest BCUT2D eigenvalue weighted by Crippen LogP contribution is -2.42. The molecule has 7 heteroatoms. The van der Waals surface area contributed by atoms with E-state index in [2.05, 4.69) is 10.1 Å². The number of anilines is 2. The molecule has 1 saturated heterocycles.